The SMILES string of the molecule is C1CCC1.CC[PH](=O)O. The number of hydrogen-bond acceptors (Lipinski definition) is 1. The van der Waals surface area contributed by atoms with E-state index in [0.717, 1.165) is 0 Å². The van der Waals surface area contributed by atoms with E-state index < -0.39 is 8.03 Å². The van der Waals surface area contributed by atoms with Crippen molar-refractivity contribution in [2.45, 2.75) is 32.6 Å². The van der Waals surface area contributed by atoms with Crippen LogP contribution in [-0.2, 0) is 4.57 Å². The van der Waals surface area contributed by atoms with Gasteiger partial charge in [-0.25, -0.2) is 0 Å². The normalized spacial score (nSPS) is 18.9. The highest BCUT2D eigenvalue weighted by Gasteiger charge is 1.95. The van der Waals surface area contributed by atoms with Gasteiger partial charge < -0.3 is 4.89 Å². The highest BCUT2D eigenvalue weighted by atomic mass is 31.1. The lowest BCUT2D eigenvalue weighted by atomic mass is 10.0. The Hall–Kier alpha value is 0.190. The van der Waals surface area contributed by atoms with Gasteiger partial charge in [0.2, 0.25) is 0 Å². The molecule has 0 radical (unpaired) electrons. The van der Waals surface area contributed by atoms with Gasteiger partial charge in [0, 0.05) is 6.16 Å². The van der Waals surface area contributed by atoms with E-state index in [1.807, 2.05) is 0 Å². The molecular weight excluding hydrogens is 135 g/mol. The molecule has 0 aromatic heterocycles. The fourth-order valence-electron chi connectivity index (χ4n) is 0.250. The lowest BCUT2D eigenvalue weighted by Crippen LogP contribution is -1.85. The van der Waals surface area contributed by atoms with E-state index in [1.165, 1.54) is 25.7 Å². The van der Waals surface area contributed by atoms with Crippen molar-refractivity contribution in [2.75, 3.05) is 6.16 Å². The maximum atomic E-state index is 9.55. The van der Waals surface area contributed by atoms with Crippen molar-refractivity contribution in [3.8, 4) is 0 Å². The molecular formula is C6H15O2P. The molecule has 2 nitrogen and oxygen atoms in total. The predicted molar refractivity (Wildman–Crippen MR) is 40.2 cm³/mol. The molecule has 1 rings (SSSR count). The van der Waals surface area contributed by atoms with Crippen LogP contribution in [0.2, 0.25) is 0 Å². The molecule has 1 atom stereocenters. The molecule has 1 aliphatic carbocycles. The third kappa shape index (κ3) is 8.19. The van der Waals surface area contributed by atoms with Gasteiger partial charge in [-0.1, -0.05) is 32.6 Å². The van der Waals surface area contributed by atoms with E-state index in [4.69, 9.17) is 4.89 Å². The van der Waals surface area contributed by atoms with Crippen molar-refractivity contribution in [3.05, 3.63) is 0 Å². The van der Waals surface area contributed by atoms with Gasteiger partial charge in [0.25, 0.3) is 0 Å². The molecule has 0 heterocycles. The van der Waals surface area contributed by atoms with E-state index in [1.54, 1.807) is 6.92 Å². The largest absolute Gasteiger partial charge is 0.346 e. The van der Waals surface area contributed by atoms with Crippen LogP contribution in [0.4, 0.5) is 0 Å². The summed E-state index contributed by atoms with van der Waals surface area (Å²) in [4.78, 5) is 7.91. The zero-order valence-electron chi connectivity index (χ0n) is 5.89. The molecule has 0 aliphatic heterocycles. The van der Waals surface area contributed by atoms with Crippen molar-refractivity contribution < 1.29 is 9.46 Å². The molecule has 0 bridgehead atoms. The molecule has 1 unspecified atom stereocenters. The summed E-state index contributed by atoms with van der Waals surface area (Å²) in [7, 11) is -2.12. The van der Waals surface area contributed by atoms with Gasteiger partial charge in [-0.2, -0.15) is 0 Å². The highest BCUT2D eigenvalue weighted by Crippen LogP contribution is 2.15. The average Bonchev–Trinajstić information content (AvgIpc) is 1.61. The Kier molecular flexibility index (Phi) is 6.45. The lowest BCUT2D eigenvalue weighted by Gasteiger charge is -2.05. The van der Waals surface area contributed by atoms with Gasteiger partial charge in [0.05, 0.1) is 0 Å². The van der Waals surface area contributed by atoms with Gasteiger partial charge in [-0.15, -0.1) is 0 Å². The van der Waals surface area contributed by atoms with E-state index in [2.05, 4.69) is 0 Å². The molecule has 0 spiro atoms. The first kappa shape index (κ1) is 9.19. The van der Waals surface area contributed by atoms with Crippen LogP contribution in [0, 0.1) is 0 Å². The fraction of sp³-hybridized carbons (Fsp3) is 1.00. The Morgan fingerprint density at radius 1 is 1.33 bits per heavy atom. The van der Waals surface area contributed by atoms with Gasteiger partial charge in [0.15, 0.2) is 8.03 Å². The minimum atomic E-state index is -2.12. The third-order valence-electron chi connectivity index (χ3n) is 1.30. The molecule has 0 saturated heterocycles. The minimum Gasteiger partial charge on any atom is -0.346 e. The summed E-state index contributed by atoms with van der Waals surface area (Å²) in [5, 5.41) is 0. The van der Waals surface area contributed by atoms with Gasteiger partial charge in [0.1, 0.15) is 0 Å². The van der Waals surface area contributed by atoms with Crippen molar-refractivity contribution in [1.29, 1.82) is 0 Å². The minimum absolute atomic E-state index is 0.407. The van der Waals surface area contributed by atoms with E-state index in [-0.39, 0.29) is 0 Å². The first-order valence-corrected chi connectivity index (χ1v) is 5.05. The highest BCUT2D eigenvalue weighted by molar-refractivity contribution is 7.37. The fourth-order valence-corrected chi connectivity index (χ4v) is 0.250. The summed E-state index contributed by atoms with van der Waals surface area (Å²) in [6, 6.07) is 0. The second-order valence-corrected chi connectivity index (χ2v) is 3.66. The molecule has 0 aromatic rings. The summed E-state index contributed by atoms with van der Waals surface area (Å²) >= 11 is 0. The first-order chi connectivity index (χ1) is 4.27. The van der Waals surface area contributed by atoms with Crippen molar-refractivity contribution >= 4 is 8.03 Å². The van der Waals surface area contributed by atoms with E-state index in [0.29, 0.717) is 6.16 Å². The van der Waals surface area contributed by atoms with Crippen LogP contribution in [0.25, 0.3) is 0 Å². The van der Waals surface area contributed by atoms with Gasteiger partial charge in [-0.05, 0) is 0 Å². The van der Waals surface area contributed by atoms with Crippen LogP contribution in [0.1, 0.15) is 32.6 Å². The van der Waals surface area contributed by atoms with Crippen LogP contribution in [0.3, 0.4) is 0 Å². The molecule has 3 heteroatoms. The standard InChI is InChI=1S/C4H8.C2H7O2P/c1-2-4-3-1;1-2-5(3)4/h1-4H2;5H,2H2,1H3,(H,3,4). The van der Waals surface area contributed by atoms with Crippen LogP contribution in [-0.4, -0.2) is 11.1 Å². The Balaban J connectivity index is 0.000000144. The van der Waals surface area contributed by atoms with Crippen molar-refractivity contribution in [2.24, 2.45) is 0 Å². The average molecular weight is 150 g/mol. The Morgan fingerprint density at radius 2 is 1.56 bits per heavy atom. The maximum absolute atomic E-state index is 9.55. The zero-order valence-corrected chi connectivity index (χ0v) is 6.89. The molecule has 1 saturated carbocycles. The van der Waals surface area contributed by atoms with Crippen LogP contribution >= 0.6 is 8.03 Å². The Bertz CT molecular complexity index is 75.1. The summed E-state index contributed by atoms with van der Waals surface area (Å²) in [5.74, 6) is 0. The molecule has 1 fully saturated rings. The Labute approximate surface area is 57.1 Å². The topological polar surface area (TPSA) is 37.3 Å². The molecule has 0 aromatic carbocycles. The number of hydrogen-bond donors (Lipinski definition) is 1. The van der Waals surface area contributed by atoms with Crippen LogP contribution in [0.5, 0.6) is 0 Å². The zero-order chi connectivity index (χ0) is 7.11. The second-order valence-electron chi connectivity index (χ2n) is 2.16. The third-order valence-corrected chi connectivity index (χ3v) is 1.91. The predicted octanol–water partition coefficient (Wildman–Crippen LogP) is 2.03. The molecule has 0 amide bonds. The summed E-state index contributed by atoms with van der Waals surface area (Å²) in [6.07, 6.45) is 6.41. The maximum Gasteiger partial charge on any atom is 0.188 e. The van der Waals surface area contributed by atoms with Crippen molar-refractivity contribution in [1.82, 2.24) is 0 Å². The van der Waals surface area contributed by atoms with Gasteiger partial charge in [-0.3, -0.25) is 4.57 Å². The van der Waals surface area contributed by atoms with E-state index >= 15 is 0 Å². The summed E-state index contributed by atoms with van der Waals surface area (Å²) < 4.78 is 9.55. The summed E-state index contributed by atoms with van der Waals surface area (Å²) in [6.45, 7) is 1.68. The molecule has 56 valence electrons. The van der Waals surface area contributed by atoms with Gasteiger partial charge >= 0.3 is 0 Å². The lowest BCUT2D eigenvalue weighted by molar-refractivity contribution is 0.504. The summed E-state index contributed by atoms with van der Waals surface area (Å²) in [5.41, 5.74) is 0. The monoisotopic (exact) mass is 150 g/mol. The van der Waals surface area contributed by atoms with E-state index in [9.17, 15) is 4.57 Å². The van der Waals surface area contributed by atoms with Crippen LogP contribution < -0.4 is 0 Å². The molecule has 1 N–H and O–H groups in total. The quantitative estimate of drug-likeness (QED) is 0.580. The second kappa shape index (κ2) is 6.31. The number of rotatable bonds is 1. The Morgan fingerprint density at radius 3 is 1.56 bits per heavy atom. The smallest absolute Gasteiger partial charge is 0.188 e. The first-order valence-electron chi connectivity index (χ1n) is 3.49. The van der Waals surface area contributed by atoms with Crippen LogP contribution in [0.15, 0.2) is 0 Å². The molecule has 1 aliphatic rings. The molecule has 9 heavy (non-hydrogen) atoms. The van der Waals surface area contributed by atoms with Crippen molar-refractivity contribution in [3.63, 3.8) is 0 Å².